The number of aromatic nitrogens is 1. The van der Waals surface area contributed by atoms with Crippen LogP contribution in [0.5, 0.6) is 0 Å². The molecule has 8 heteroatoms. The first-order valence-electron chi connectivity index (χ1n) is 7.69. The number of carboxylic acids is 1. The van der Waals surface area contributed by atoms with Crippen LogP contribution in [-0.4, -0.2) is 24.5 Å². The minimum Gasteiger partial charge on any atom is -0.481 e. The second-order valence-corrected chi connectivity index (χ2v) is 7.29. The van der Waals surface area contributed by atoms with E-state index >= 15 is 0 Å². The average molecular weight is 372 g/mol. The van der Waals surface area contributed by atoms with Gasteiger partial charge in [-0.05, 0) is 19.1 Å². The number of sulfonamides is 1. The van der Waals surface area contributed by atoms with Gasteiger partial charge in [0, 0.05) is 11.1 Å². The largest absolute Gasteiger partial charge is 0.481 e. The lowest BCUT2D eigenvalue weighted by molar-refractivity contribution is -0.138. The normalized spacial score (nSPS) is 12.7. The molecule has 3 aromatic rings. The number of benzene rings is 2. The van der Waals surface area contributed by atoms with E-state index in [0.717, 1.165) is 5.56 Å². The van der Waals surface area contributed by atoms with Gasteiger partial charge in [0.2, 0.25) is 15.9 Å². The second kappa shape index (κ2) is 6.74. The zero-order chi connectivity index (χ0) is 18.9. The maximum Gasteiger partial charge on any atom is 0.315 e. The summed E-state index contributed by atoms with van der Waals surface area (Å²) < 4.78 is 28.6. The molecule has 0 aliphatic carbocycles. The van der Waals surface area contributed by atoms with Crippen molar-refractivity contribution in [2.75, 3.05) is 0 Å². The number of rotatable bonds is 5. The van der Waals surface area contributed by atoms with Crippen molar-refractivity contribution in [3.63, 3.8) is 0 Å². The Labute approximate surface area is 150 Å². The second-order valence-electron chi connectivity index (χ2n) is 5.73. The lowest BCUT2D eigenvalue weighted by Gasteiger charge is -2.03. The number of aliphatic carboxylic acids is 1. The minimum absolute atomic E-state index is 0.0230. The summed E-state index contributed by atoms with van der Waals surface area (Å²) in [4.78, 5) is 15.6. The number of primary sulfonamides is 1. The fourth-order valence-corrected chi connectivity index (χ4v) is 2.93. The van der Waals surface area contributed by atoms with Gasteiger partial charge in [0.15, 0.2) is 5.76 Å². The third-order valence-electron chi connectivity index (χ3n) is 3.88. The van der Waals surface area contributed by atoms with Crippen molar-refractivity contribution in [1.29, 1.82) is 0 Å². The molecule has 26 heavy (non-hydrogen) atoms. The van der Waals surface area contributed by atoms with E-state index in [1.165, 1.54) is 19.1 Å². The highest BCUT2D eigenvalue weighted by Gasteiger charge is 2.24. The Kier molecular flexibility index (Phi) is 4.62. The molecule has 1 unspecified atom stereocenters. The van der Waals surface area contributed by atoms with Gasteiger partial charge in [0.25, 0.3) is 0 Å². The van der Waals surface area contributed by atoms with Crippen molar-refractivity contribution in [1.82, 2.24) is 4.98 Å². The molecule has 1 heterocycles. The van der Waals surface area contributed by atoms with Crippen molar-refractivity contribution >= 4 is 16.0 Å². The summed E-state index contributed by atoms with van der Waals surface area (Å²) in [6, 6.07) is 15.0. The molecule has 3 N–H and O–H groups in total. The van der Waals surface area contributed by atoms with Gasteiger partial charge in [-0.2, -0.15) is 0 Å². The third kappa shape index (κ3) is 3.51. The first-order chi connectivity index (χ1) is 12.3. The number of oxazole rings is 1. The van der Waals surface area contributed by atoms with Crippen LogP contribution in [0, 0.1) is 0 Å². The average Bonchev–Trinajstić information content (AvgIpc) is 3.06. The van der Waals surface area contributed by atoms with Crippen LogP contribution in [0.4, 0.5) is 0 Å². The fraction of sp³-hybridized carbons (Fsp3) is 0.111. The number of carboxylic acid groups (broad SMARTS) is 1. The zero-order valence-electron chi connectivity index (χ0n) is 13.8. The molecule has 0 amide bonds. The Bertz CT molecular complexity index is 1040. The number of nitrogens with zero attached hydrogens (tertiary/aromatic N) is 1. The highest BCUT2D eigenvalue weighted by atomic mass is 32.2. The summed E-state index contributed by atoms with van der Waals surface area (Å²) in [6.07, 6.45) is 0. The van der Waals surface area contributed by atoms with Gasteiger partial charge < -0.3 is 9.52 Å². The molecule has 1 aromatic heterocycles. The molecule has 0 radical (unpaired) electrons. The summed E-state index contributed by atoms with van der Waals surface area (Å²) in [6.45, 7) is 1.48. The molecule has 0 bridgehead atoms. The van der Waals surface area contributed by atoms with Crippen LogP contribution < -0.4 is 5.14 Å². The molecule has 2 aromatic carbocycles. The van der Waals surface area contributed by atoms with Gasteiger partial charge in [-0.1, -0.05) is 42.5 Å². The molecule has 0 aliphatic rings. The van der Waals surface area contributed by atoms with Crippen LogP contribution in [0.2, 0.25) is 0 Å². The van der Waals surface area contributed by atoms with E-state index in [9.17, 15) is 18.3 Å². The van der Waals surface area contributed by atoms with Crippen LogP contribution in [0.15, 0.2) is 63.9 Å². The van der Waals surface area contributed by atoms with Crippen LogP contribution in [0.25, 0.3) is 22.6 Å². The summed E-state index contributed by atoms with van der Waals surface area (Å²) in [5, 5.41) is 14.3. The lowest BCUT2D eigenvalue weighted by Crippen LogP contribution is -2.11. The quantitative estimate of drug-likeness (QED) is 0.710. The molecule has 0 saturated heterocycles. The Morgan fingerprint density at radius 3 is 2.23 bits per heavy atom. The molecule has 0 aliphatic heterocycles. The molecule has 3 rings (SSSR count). The molecular weight excluding hydrogens is 356 g/mol. The maximum atomic E-state index is 11.4. The van der Waals surface area contributed by atoms with E-state index in [1.807, 2.05) is 30.3 Å². The summed E-state index contributed by atoms with van der Waals surface area (Å²) >= 11 is 0. The monoisotopic (exact) mass is 372 g/mol. The highest BCUT2D eigenvalue weighted by molar-refractivity contribution is 7.89. The summed E-state index contributed by atoms with van der Waals surface area (Å²) in [5.74, 6) is -1.49. The van der Waals surface area contributed by atoms with Crippen LogP contribution in [-0.2, 0) is 14.8 Å². The van der Waals surface area contributed by atoms with Crippen LogP contribution in [0.1, 0.15) is 18.7 Å². The minimum atomic E-state index is -3.81. The van der Waals surface area contributed by atoms with E-state index in [1.54, 1.807) is 12.1 Å². The van der Waals surface area contributed by atoms with E-state index in [2.05, 4.69) is 4.98 Å². The topological polar surface area (TPSA) is 123 Å². The van der Waals surface area contributed by atoms with Gasteiger partial charge in [-0.15, -0.1) is 0 Å². The van der Waals surface area contributed by atoms with Gasteiger partial charge in [-0.25, -0.2) is 18.5 Å². The predicted molar refractivity (Wildman–Crippen MR) is 94.8 cm³/mol. The standard InChI is InChI=1S/C18H16N2O5S/c1-11(18(21)22)17-20-15(16(25-17)13-5-3-2-4-6-13)12-7-9-14(10-8-12)26(19,23)24/h2-11H,1H3,(H,21,22)(H2,19,23,24). The van der Waals surface area contributed by atoms with Gasteiger partial charge >= 0.3 is 5.97 Å². The van der Waals surface area contributed by atoms with E-state index < -0.39 is 21.9 Å². The van der Waals surface area contributed by atoms with E-state index in [0.29, 0.717) is 17.0 Å². The van der Waals surface area contributed by atoms with Crippen LogP contribution in [0.3, 0.4) is 0 Å². The number of nitrogens with two attached hydrogens (primary N) is 1. The van der Waals surface area contributed by atoms with Gasteiger partial charge in [0.1, 0.15) is 11.6 Å². The number of hydrogen-bond donors (Lipinski definition) is 2. The molecule has 0 fully saturated rings. The van der Waals surface area contributed by atoms with Crippen molar-refractivity contribution in [3.8, 4) is 22.6 Å². The molecule has 1 atom stereocenters. The van der Waals surface area contributed by atoms with Crippen LogP contribution >= 0.6 is 0 Å². The summed E-state index contributed by atoms with van der Waals surface area (Å²) in [5.41, 5.74) is 1.75. The SMILES string of the molecule is CC(C(=O)O)c1nc(-c2ccc(S(N)(=O)=O)cc2)c(-c2ccccc2)o1. The Hall–Kier alpha value is -2.97. The highest BCUT2D eigenvalue weighted by Crippen LogP contribution is 2.35. The van der Waals surface area contributed by atoms with Crippen molar-refractivity contribution in [2.24, 2.45) is 5.14 Å². The van der Waals surface area contributed by atoms with E-state index in [4.69, 9.17) is 9.56 Å². The first-order valence-corrected chi connectivity index (χ1v) is 9.24. The zero-order valence-corrected chi connectivity index (χ0v) is 14.6. The van der Waals surface area contributed by atoms with Gasteiger partial charge in [-0.3, -0.25) is 4.79 Å². The number of hydrogen-bond acceptors (Lipinski definition) is 5. The molecule has 0 spiro atoms. The van der Waals surface area contributed by atoms with E-state index in [-0.39, 0.29) is 10.8 Å². The molecule has 134 valence electrons. The van der Waals surface area contributed by atoms with Crippen molar-refractivity contribution in [3.05, 3.63) is 60.5 Å². The Balaban J connectivity index is 2.14. The maximum absolute atomic E-state index is 11.4. The number of carbonyl (C=O) groups is 1. The Morgan fingerprint density at radius 2 is 1.69 bits per heavy atom. The fourth-order valence-electron chi connectivity index (χ4n) is 2.41. The third-order valence-corrected chi connectivity index (χ3v) is 4.81. The van der Waals surface area contributed by atoms with Gasteiger partial charge in [0.05, 0.1) is 4.90 Å². The smallest absolute Gasteiger partial charge is 0.315 e. The molecule has 7 nitrogen and oxygen atoms in total. The first kappa shape index (κ1) is 17.8. The predicted octanol–water partition coefficient (Wildman–Crippen LogP) is 2.84. The Morgan fingerprint density at radius 1 is 1.08 bits per heavy atom. The summed E-state index contributed by atoms with van der Waals surface area (Å²) in [7, 11) is -3.81. The van der Waals surface area contributed by atoms with Crippen molar-refractivity contribution in [2.45, 2.75) is 17.7 Å². The molecular formula is C18H16N2O5S. The lowest BCUT2D eigenvalue weighted by atomic mass is 10.1. The van der Waals surface area contributed by atoms with Crippen molar-refractivity contribution < 1.29 is 22.7 Å². The molecule has 0 saturated carbocycles.